The Morgan fingerprint density at radius 3 is 2.83 bits per heavy atom. The zero-order chi connectivity index (χ0) is 16.6. The lowest BCUT2D eigenvalue weighted by molar-refractivity contribution is 0.102. The van der Waals surface area contributed by atoms with Crippen molar-refractivity contribution in [2.45, 2.75) is 19.9 Å². The number of nitrogens with zero attached hydrogens (tertiary/aromatic N) is 3. The van der Waals surface area contributed by atoms with Gasteiger partial charge in [0.15, 0.2) is 5.82 Å². The van der Waals surface area contributed by atoms with Gasteiger partial charge in [-0.1, -0.05) is 0 Å². The minimum absolute atomic E-state index is 0.240. The Hall–Kier alpha value is -2.26. The standard InChI is InChI=1S/C14H17N5O3S/c1-9-5-13(18-17-9)16-14(20)12-7-15-6-10-8-19(23(2,21)22)4-3-11(10)12/h5-7H,3-4,8H2,1-2H3,(H2,16,17,18,20). The maximum atomic E-state index is 12.4. The molecule has 0 aliphatic carbocycles. The van der Waals surface area contributed by atoms with Crippen LogP contribution in [0.15, 0.2) is 18.5 Å². The van der Waals surface area contributed by atoms with Crippen molar-refractivity contribution in [3.8, 4) is 0 Å². The molecule has 9 heteroatoms. The van der Waals surface area contributed by atoms with Gasteiger partial charge in [0.25, 0.3) is 5.91 Å². The molecular weight excluding hydrogens is 318 g/mol. The number of hydrogen-bond acceptors (Lipinski definition) is 5. The topological polar surface area (TPSA) is 108 Å². The average molecular weight is 335 g/mol. The Kier molecular flexibility index (Phi) is 3.90. The lowest BCUT2D eigenvalue weighted by Crippen LogP contribution is -2.36. The summed E-state index contributed by atoms with van der Waals surface area (Å²) in [5.74, 6) is 0.146. The van der Waals surface area contributed by atoms with E-state index in [4.69, 9.17) is 0 Å². The molecule has 0 saturated heterocycles. The molecule has 0 bridgehead atoms. The lowest BCUT2D eigenvalue weighted by atomic mass is 9.98. The van der Waals surface area contributed by atoms with E-state index in [2.05, 4.69) is 20.5 Å². The smallest absolute Gasteiger partial charge is 0.258 e. The Labute approximate surface area is 134 Å². The van der Waals surface area contributed by atoms with Crippen LogP contribution < -0.4 is 5.32 Å². The van der Waals surface area contributed by atoms with Crippen LogP contribution in [0.25, 0.3) is 0 Å². The number of amides is 1. The summed E-state index contributed by atoms with van der Waals surface area (Å²) >= 11 is 0. The van der Waals surface area contributed by atoms with E-state index >= 15 is 0 Å². The maximum Gasteiger partial charge on any atom is 0.258 e. The molecule has 0 radical (unpaired) electrons. The zero-order valence-electron chi connectivity index (χ0n) is 12.8. The second-order valence-corrected chi connectivity index (χ2v) is 7.54. The Bertz CT molecular complexity index is 859. The van der Waals surface area contributed by atoms with Gasteiger partial charge in [0.1, 0.15) is 0 Å². The van der Waals surface area contributed by atoms with Crippen molar-refractivity contribution in [3.63, 3.8) is 0 Å². The van der Waals surface area contributed by atoms with Gasteiger partial charge in [-0.05, 0) is 24.5 Å². The Morgan fingerprint density at radius 1 is 1.39 bits per heavy atom. The minimum atomic E-state index is -3.26. The van der Waals surface area contributed by atoms with Crippen LogP contribution in [0.5, 0.6) is 0 Å². The molecule has 0 aromatic carbocycles. The summed E-state index contributed by atoms with van der Waals surface area (Å²) in [7, 11) is -3.26. The van der Waals surface area contributed by atoms with Crippen molar-refractivity contribution >= 4 is 21.7 Å². The third-order valence-electron chi connectivity index (χ3n) is 3.77. The molecule has 2 aromatic heterocycles. The number of aromatic nitrogens is 3. The average Bonchev–Trinajstić information content (AvgIpc) is 2.90. The molecule has 0 unspecified atom stereocenters. The van der Waals surface area contributed by atoms with E-state index in [1.54, 1.807) is 12.3 Å². The van der Waals surface area contributed by atoms with Gasteiger partial charge in [0.2, 0.25) is 10.0 Å². The van der Waals surface area contributed by atoms with Crippen LogP contribution in [0.4, 0.5) is 5.82 Å². The predicted octanol–water partition coefficient (Wildman–Crippen LogP) is 0.683. The van der Waals surface area contributed by atoms with Crippen molar-refractivity contribution in [1.82, 2.24) is 19.5 Å². The molecule has 0 atom stereocenters. The number of pyridine rings is 1. The van der Waals surface area contributed by atoms with Crippen molar-refractivity contribution in [2.75, 3.05) is 18.1 Å². The molecule has 0 fully saturated rings. The first-order valence-electron chi connectivity index (χ1n) is 7.09. The first kappa shape index (κ1) is 15.6. The quantitative estimate of drug-likeness (QED) is 0.857. The van der Waals surface area contributed by atoms with Gasteiger partial charge < -0.3 is 5.32 Å². The predicted molar refractivity (Wildman–Crippen MR) is 84.5 cm³/mol. The number of nitrogens with one attached hydrogen (secondary N) is 2. The van der Waals surface area contributed by atoms with Crippen LogP contribution in [-0.2, 0) is 23.0 Å². The van der Waals surface area contributed by atoms with Crippen molar-refractivity contribution in [3.05, 3.63) is 40.8 Å². The summed E-state index contributed by atoms with van der Waals surface area (Å²) in [6.07, 6.45) is 4.78. The van der Waals surface area contributed by atoms with Crippen LogP contribution in [-0.4, -0.2) is 46.6 Å². The third kappa shape index (κ3) is 3.25. The second-order valence-electron chi connectivity index (χ2n) is 5.56. The van der Waals surface area contributed by atoms with Crippen molar-refractivity contribution < 1.29 is 13.2 Å². The van der Waals surface area contributed by atoms with Crippen molar-refractivity contribution in [1.29, 1.82) is 0 Å². The maximum absolute atomic E-state index is 12.4. The molecule has 2 aromatic rings. The van der Waals surface area contributed by atoms with E-state index in [0.29, 0.717) is 24.3 Å². The van der Waals surface area contributed by atoms with Gasteiger partial charge in [-0.2, -0.15) is 9.40 Å². The first-order valence-corrected chi connectivity index (χ1v) is 8.93. The van der Waals surface area contributed by atoms with Gasteiger partial charge in [-0.25, -0.2) is 8.42 Å². The highest BCUT2D eigenvalue weighted by atomic mass is 32.2. The minimum Gasteiger partial charge on any atom is -0.305 e. The Balaban J connectivity index is 1.86. The molecule has 1 aliphatic heterocycles. The Morgan fingerprint density at radius 2 is 2.17 bits per heavy atom. The summed E-state index contributed by atoms with van der Waals surface area (Å²) in [6, 6.07) is 1.73. The van der Waals surface area contributed by atoms with E-state index in [-0.39, 0.29) is 12.5 Å². The molecule has 3 rings (SSSR count). The van der Waals surface area contributed by atoms with E-state index in [1.165, 1.54) is 16.8 Å². The molecule has 1 aliphatic rings. The van der Waals surface area contributed by atoms with Crippen LogP contribution in [0.2, 0.25) is 0 Å². The number of carbonyl (C=O) groups is 1. The summed E-state index contributed by atoms with van der Waals surface area (Å²) in [6.45, 7) is 2.44. The van der Waals surface area contributed by atoms with E-state index in [0.717, 1.165) is 16.8 Å². The van der Waals surface area contributed by atoms with E-state index < -0.39 is 10.0 Å². The van der Waals surface area contributed by atoms with E-state index in [9.17, 15) is 13.2 Å². The number of rotatable bonds is 3. The monoisotopic (exact) mass is 335 g/mol. The molecule has 1 amide bonds. The van der Waals surface area contributed by atoms with Crippen LogP contribution in [0, 0.1) is 6.92 Å². The highest BCUT2D eigenvalue weighted by Gasteiger charge is 2.26. The number of H-pyrrole nitrogens is 1. The van der Waals surface area contributed by atoms with Gasteiger partial charge in [-0.15, -0.1) is 0 Å². The van der Waals surface area contributed by atoms with Gasteiger partial charge >= 0.3 is 0 Å². The molecule has 23 heavy (non-hydrogen) atoms. The van der Waals surface area contributed by atoms with Crippen LogP contribution in [0.1, 0.15) is 27.2 Å². The number of hydrogen-bond donors (Lipinski definition) is 2. The number of fused-ring (bicyclic) bond motifs is 1. The fourth-order valence-electron chi connectivity index (χ4n) is 2.61. The summed E-state index contributed by atoms with van der Waals surface area (Å²) in [5.41, 5.74) is 2.89. The number of aromatic amines is 1. The number of anilines is 1. The SMILES string of the molecule is Cc1cc(NC(=O)c2cncc3c2CCN(S(C)(=O)=O)C3)n[nH]1. The normalized spacial score (nSPS) is 15.2. The van der Waals surface area contributed by atoms with Crippen LogP contribution in [0.3, 0.4) is 0 Å². The molecule has 2 N–H and O–H groups in total. The highest BCUT2D eigenvalue weighted by molar-refractivity contribution is 7.88. The van der Waals surface area contributed by atoms with Gasteiger partial charge in [0.05, 0.1) is 11.8 Å². The summed E-state index contributed by atoms with van der Waals surface area (Å²) in [5, 5.41) is 9.45. The summed E-state index contributed by atoms with van der Waals surface area (Å²) < 4.78 is 24.7. The summed E-state index contributed by atoms with van der Waals surface area (Å²) in [4.78, 5) is 16.5. The molecule has 0 spiro atoms. The van der Waals surface area contributed by atoms with Gasteiger partial charge in [-0.3, -0.25) is 14.9 Å². The van der Waals surface area contributed by atoms with Crippen molar-refractivity contribution in [2.24, 2.45) is 0 Å². The largest absolute Gasteiger partial charge is 0.305 e. The molecule has 8 nitrogen and oxygen atoms in total. The molecule has 122 valence electrons. The second kappa shape index (κ2) is 5.74. The van der Waals surface area contributed by atoms with Crippen LogP contribution >= 0.6 is 0 Å². The fourth-order valence-corrected chi connectivity index (χ4v) is 3.41. The first-order chi connectivity index (χ1) is 10.8. The third-order valence-corrected chi connectivity index (χ3v) is 5.02. The molecule has 3 heterocycles. The van der Waals surface area contributed by atoms with Gasteiger partial charge in [0, 0.05) is 37.2 Å². The number of aryl methyl sites for hydroxylation is 1. The van der Waals surface area contributed by atoms with E-state index in [1.807, 2.05) is 6.92 Å². The highest BCUT2D eigenvalue weighted by Crippen LogP contribution is 2.23. The molecular formula is C14H17N5O3S. The zero-order valence-corrected chi connectivity index (χ0v) is 13.6. The lowest BCUT2D eigenvalue weighted by Gasteiger charge is -2.27. The number of sulfonamides is 1. The molecule has 0 saturated carbocycles. The fraction of sp³-hybridized carbons (Fsp3) is 0.357. The number of carbonyl (C=O) groups excluding carboxylic acids is 1.